The number of methoxy groups -OCH3 is 1. The van der Waals surface area contributed by atoms with Gasteiger partial charge in [-0.25, -0.2) is 4.98 Å². The minimum Gasteiger partial charge on any atom is -0.385 e. The molecule has 0 bridgehead atoms. The van der Waals surface area contributed by atoms with E-state index < -0.39 is 0 Å². The molecule has 6 nitrogen and oxygen atoms in total. The smallest absolute Gasteiger partial charge is 0.225 e. The highest BCUT2D eigenvalue weighted by Gasteiger charge is 2.17. The highest BCUT2D eigenvalue weighted by atomic mass is 16.5. The third kappa shape index (κ3) is 4.90. The van der Waals surface area contributed by atoms with Gasteiger partial charge >= 0.3 is 0 Å². The number of likely N-dealkylation sites (N-methyl/N-ethyl adjacent to an activating group) is 1. The number of rotatable bonds is 7. The van der Waals surface area contributed by atoms with Crippen molar-refractivity contribution in [1.82, 2.24) is 14.9 Å². The minimum absolute atomic E-state index is 0.686. The second kappa shape index (κ2) is 8.78. The summed E-state index contributed by atoms with van der Waals surface area (Å²) < 4.78 is 5.11. The van der Waals surface area contributed by atoms with Crippen molar-refractivity contribution in [3.63, 3.8) is 0 Å². The predicted octanol–water partition coefficient (Wildman–Crippen LogP) is 2.34. The van der Waals surface area contributed by atoms with Gasteiger partial charge in [0.05, 0.1) is 5.69 Å². The van der Waals surface area contributed by atoms with E-state index in [1.165, 1.54) is 0 Å². The summed E-state index contributed by atoms with van der Waals surface area (Å²) in [5.41, 5.74) is 2.07. The number of anilines is 2. The monoisotopic (exact) mass is 341 g/mol. The number of benzene rings is 1. The summed E-state index contributed by atoms with van der Waals surface area (Å²) >= 11 is 0. The Morgan fingerprint density at radius 3 is 2.56 bits per heavy atom. The second-order valence-corrected chi connectivity index (χ2v) is 6.36. The molecule has 1 N–H and O–H groups in total. The van der Waals surface area contributed by atoms with Gasteiger partial charge in [0.25, 0.3) is 0 Å². The van der Waals surface area contributed by atoms with Gasteiger partial charge in [0.15, 0.2) is 0 Å². The summed E-state index contributed by atoms with van der Waals surface area (Å²) in [5, 5.41) is 3.34. The molecule has 1 aliphatic heterocycles. The Bertz CT molecular complexity index is 656. The van der Waals surface area contributed by atoms with E-state index in [2.05, 4.69) is 40.4 Å². The van der Waals surface area contributed by atoms with Gasteiger partial charge in [-0.3, -0.25) is 0 Å². The molecule has 25 heavy (non-hydrogen) atoms. The van der Waals surface area contributed by atoms with Crippen LogP contribution in [0, 0.1) is 0 Å². The van der Waals surface area contributed by atoms with Gasteiger partial charge in [-0.15, -0.1) is 0 Å². The standard InChI is InChI=1S/C19H27N5O/c1-23-10-12-24(13-11-23)18-15-17(16-7-4-3-5-8-16)21-19(22-18)20-9-6-14-25-2/h3-5,7-8,15H,6,9-14H2,1-2H3,(H,20,21,22). The van der Waals surface area contributed by atoms with E-state index in [1.54, 1.807) is 7.11 Å². The zero-order chi connectivity index (χ0) is 17.5. The van der Waals surface area contributed by atoms with Gasteiger partial charge < -0.3 is 19.9 Å². The van der Waals surface area contributed by atoms with Crippen LogP contribution in [0.25, 0.3) is 11.3 Å². The zero-order valence-electron chi connectivity index (χ0n) is 15.1. The average molecular weight is 341 g/mol. The molecular weight excluding hydrogens is 314 g/mol. The summed E-state index contributed by atoms with van der Waals surface area (Å²) in [6.45, 7) is 5.63. The molecule has 0 spiro atoms. The van der Waals surface area contributed by atoms with Gasteiger partial charge in [0.1, 0.15) is 5.82 Å². The van der Waals surface area contributed by atoms with Crippen LogP contribution in [0.15, 0.2) is 36.4 Å². The highest BCUT2D eigenvalue weighted by Crippen LogP contribution is 2.24. The molecule has 6 heteroatoms. The van der Waals surface area contributed by atoms with Crippen molar-refractivity contribution in [2.24, 2.45) is 0 Å². The summed E-state index contributed by atoms with van der Waals surface area (Å²) in [6.07, 6.45) is 0.930. The lowest BCUT2D eigenvalue weighted by Crippen LogP contribution is -2.44. The molecular formula is C19H27N5O. The first-order chi connectivity index (χ1) is 12.3. The van der Waals surface area contributed by atoms with Gasteiger partial charge in [0.2, 0.25) is 5.95 Å². The number of hydrogen-bond acceptors (Lipinski definition) is 6. The van der Waals surface area contributed by atoms with Crippen LogP contribution in [0.5, 0.6) is 0 Å². The van der Waals surface area contributed by atoms with Gasteiger partial charge in [-0.05, 0) is 13.5 Å². The Balaban J connectivity index is 1.83. The second-order valence-electron chi connectivity index (χ2n) is 6.36. The van der Waals surface area contributed by atoms with Crippen LogP contribution in [-0.4, -0.2) is 68.4 Å². The zero-order valence-corrected chi connectivity index (χ0v) is 15.1. The van der Waals surface area contributed by atoms with Crippen molar-refractivity contribution in [1.29, 1.82) is 0 Å². The Morgan fingerprint density at radius 1 is 1.08 bits per heavy atom. The van der Waals surface area contributed by atoms with Crippen LogP contribution in [0.1, 0.15) is 6.42 Å². The van der Waals surface area contributed by atoms with Gasteiger partial charge in [-0.2, -0.15) is 4.98 Å². The van der Waals surface area contributed by atoms with Crippen molar-refractivity contribution < 1.29 is 4.74 Å². The van der Waals surface area contributed by atoms with Crippen LogP contribution >= 0.6 is 0 Å². The van der Waals surface area contributed by atoms with Crippen molar-refractivity contribution in [2.75, 3.05) is 63.7 Å². The molecule has 1 aromatic heterocycles. The van der Waals surface area contributed by atoms with Crippen molar-refractivity contribution >= 4 is 11.8 Å². The average Bonchev–Trinajstić information content (AvgIpc) is 2.66. The van der Waals surface area contributed by atoms with Crippen LogP contribution in [0.2, 0.25) is 0 Å². The third-order valence-electron chi connectivity index (χ3n) is 4.42. The van der Waals surface area contributed by atoms with Crippen LogP contribution in [0.3, 0.4) is 0 Å². The molecule has 0 unspecified atom stereocenters. The summed E-state index contributed by atoms with van der Waals surface area (Å²) in [6, 6.07) is 12.4. The molecule has 0 radical (unpaired) electrons. The fourth-order valence-corrected chi connectivity index (χ4v) is 2.88. The molecule has 0 atom stereocenters. The highest BCUT2D eigenvalue weighted by molar-refractivity contribution is 5.64. The number of hydrogen-bond donors (Lipinski definition) is 1. The Labute approximate surface area is 149 Å². The minimum atomic E-state index is 0.686. The lowest BCUT2D eigenvalue weighted by atomic mass is 10.1. The number of piperazine rings is 1. The molecule has 1 aliphatic rings. The summed E-state index contributed by atoms with van der Waals surface area (Å²) in [5.74, 6) is 1.68. The van der Waals surface area contributed by atoms with E-state index >= 15 is 0 Å². The largest absolute Gasteiger partial charge is 0.385 e. The number of ether oxygens (including phenoxy) is 1. The van der Waals surface area contributed by atoms with Crippen molar-refractivity contribution in [3.8, 4) is 11.3 Å². The Hall–Kier alpha value is -2.18. The van der Waals surface area contributed by atoms with Crippen LogP contribution in [-0.2, 0) is 4.74 Å². The fourth-order valence-electron chi connectivity index (χ4n) is 2.88. The summed E-state index contributed by atoms with van der Waals surface area (Å²) in [7, 11) is 3.88. The fraction of sp³-hybridized carbons (Fsp3) is 0.474. The maximum atomic E-state index is 5.11. The lowest BCUT2D eigenvalue weighted by Gasteiger charge is -2.33. The van der Waals surface area contributed by atoms with E-state index in [0.717, 1.165) is 62.8 Å². The molecule has 0 amide bonds. The maximum absolute atomic E-state index is 5.11. The maximum Gasteiger partial charge on any atom is 0.225 e. The lowest BCUT2D eigenvalue weighted by molar-refractivity contribution is 0.197. The molecule has 2 heterocycles. The quantitative estimate of drug-likeness (QED) is 0.780. The molecule has 1 fully saturated rings. The van der Waals surface area contributed by atoms with Crippen LogP contribution in [0.4, 0.5) is 11.8 Å². The van der Waals surface area contributed by atoms with Crippen molar-refractivity contribution in [3.05, 3.63) is 36.4 Å². The Morgan fingerprint density at radius 2 is 1.84 bits per heavy atom. The Kier molecular flexibility index (Phi) is 6.19. The van der Waals surface area contributed by atoms with E-state index in [4.69, 9.17) is 14.7 Å². The molecule has 134 valence electrons. The first-order valence-electron chi connectivity index (χ1n) is 8.87. The van der Waals surface area contributed by atoms with E-state index in [9.17, 15) is 0 Å². The SMILES string of the molecule is COCCCNc1nc(-c2ccccc2)cc(N2CCN(C)CC2)n1. The molecule has 0 saturated carbocycles. The summed E-state index contributed by atoms with van der Waals surface area (Å²) in [4.78, 5) is 14.1. The van der Waals surface area contributed by atoms with Gasteiger partial charge in [-0.1, -0.05) is 30.3 Å². The first kappa shape index (κ1) is 17.6. The molecule has 0 aliphatic carbocycles. The van der Waals surface area contributed by atoms with Crippen LogP contribution < -0.4 is 10.2 Å². The van der Waals surface area contributed by atoms with Crippen molar-refractivity contribution in [2.45, 2.75) is 6.42 Å². The first-order valence-corrected chi connectivity index (χ1v) is 8.87. The number of nitrogens with one attached hydrogen (secondary N) is 1. The third-order valence-corrected chi connectivity index (χ3v) is 4.42. The molecule has 3 rings (SSSR count). The van der Waals surface area contributed by atoms with E-state index in [0.29, 0.717) is 5.95 Å². The topological polar surface area (TPSA) is 53.5 Å². The van der Waals surface area contributed by atoms with E-state index in [1.807, 2.05) is 18.2 Å². The number of nitrogens with zero attached hydrogens (tertiary/aromatic N) is 4. The normalized spacial score (nSPS) is 15.4. The molecule has 1 saturated heterocycles. The van der Waals surface area contributed by atoms with Gasteiger partial charge in [0, 0.05) is 58.1 Å². The van der Waals surface area contributed by atoms with E-state index in [-0.39, 0.29) is 0 Å². The molecule has 2 aromatic rings. The predicted molar refractivity (Wildman–Crippen MR) is 102 cm³/mol. The number of aromatic nitrogens is 2. The molecule has 1 aromatic carbocycles.